The van der Waals surface area contributed by atoms with Gasteiger partial charge in [0.1, 0.15) is 5.69 Å². The van der Waals surface area contributed by atoms with Crippen molar-refractivity contribution in [2.24, 2.45) is 5.92 Å². The van der Waals surface area contributed by atoms with Crippen LogP contribution in [0.1, 0.15) is 12.8 Å². The van der Waals surface area contributed by atoms with Gasteiger partial charge in [-0.3, -0.25) is 0 Å². The Balaban J connectivity index is 2.07. The smallest absolute Gasteiger partial charge is 0.239 e. The minimum Gasteiger partial charge on any atom is -0.479 e. The third-order valence-corrected chi connectivity index (χ3v) is 3.86. The zero-order valence-corrected chi connectivity index (χ0v) is 13.0. The molecule has 1 N–H and O–H groups in total. The molecule has 1 unspecified atom stereocenters. The van der Waals surface area contributed by atoms with E-state index in [0.29, 0.717) is 11.8 Å². The molecule has 1 aliphatic heterocycles. The number of piperidine rings is 1. The number of rotatable bonds is 5. The van der Waals surface area contributed by atoms with Crippen LogP contribution in [-0.2, 0) is 0 Å². The minimum atomic E-state index is 0.667. The number of anilines is 2. The first-order chi connectivity index (χ1) is 9.61. The summed E-state index contributed by atoms with van der Waals surface area (Å²) in [5.74, 6) is 1.36. The molecular formula is C15H26N4O. The molecule has 1 fully saturated rings. The SMILES string of the molecule is COc1nccc(N(C)C)c1NCC1CCCN(C)C1. The molecule has 1 atom stereocenters. The van der Waals surface area contributed by atoms with Crippen molar-refractivity contribution in [2.45, 2.75) is 12.8 Å². The van der Waals surface area contributed by atoms with Crippen LogP contribution in [0, 0.1) is 5.92 Å². The molecule has 20 heavy (non-hydrogen) atoms. The van der Waals surface area contributed by atoms with E-state index in [2.05, 4.69) is 27.1 Å². The van der Waals surface area contributed by atoms with Gasteiger partial charge in [0.05, 0.1) is 12.8 Å². The molecule has 0 spiro atoms. The number of hydrogen-bond acceptors (Lipinski definition) is 5. The van der Waals surface area contributed by atoms with Crippen LogP contribution < -0.4 is 15.0 Å². The summed E-state index contributed by atoms with van der Waals surface area (Å²) < 4.78 is 5.39. The quantitative estimate of drug-likeness (QED) is 0.891. The molecule has 2 rings (SSSR count). The van der Waals surface area contributed by atoms with Crippen LogP contribution >= 0.6 is 0 Å². The third kappa shape index (κ3) is 3.54. The second kappa shape index (κ2) is 6.79. The van der Waals surface area contributed by atoms with Crippen molar-refractivity contribution in [3.05, 3.63) is 12.3 Å². The Morgan fingerprint density at radius 2 is 2.30 bits per heavy atom. The molecule has 1 aliphatic rings. The lowest BCUT2D eigenvalue weighted by molar-refractivity contribution is 0.217. The van der Waals surface area contributed by atoms with Crippen molar-refractivity contribution in [1.29, 1.82) is 0 Å². The first kappa shape index (κ1) is 14.9. The van der Waals surface area contributed by atoms with Gasteiger partial charge in [0.15, 0.2) is 0 Å². The van der Waals surface area contributed by atoms with Crippen LogP contribution in [0.5, 0.6) is 5.88 Å². The fraction of sp³-hybridized carbons (Fsp3) is 0.667. The predicted molar refractivity (Wildman–Crippen MR) is 83.8 cm³/mol. The van der Waals surface area contributed by atoms with Gasteiger partial charge in [-0.2, -0.15) is 0 Å². The van der Waals surface area contributed by atoms with Gasteiger partial charge in [0.2, 0.25) is 5.88 Å². The normalized spacial score (nSPS) is 19.7. The van der Waals surface area contributed by atoms with E-state index >= 15 is 0 Å². The van der Waals surface area contributed by atoms with Crippen molar-refractivity contribution >= 4 is 11.4 Å². The van der Waals surface area contributed by atoms with Gasteiger partial charge in [-0.25, -0.2) is 4.98 Å². The maximum absolute atomic E-state index is 5.39. The molecule has 0 saturated carbocycles. The summed E-state index contributed by atoms with van der Waals surface area (Å²) >= 11 is 0. The molecule has 1 aromatic heterocycles. The Kier molecular flexibility index (Phi) is 5.06. The largest absolute Gasteiger partial charge is 0.479 e. The van der Waals surface area contributed by atoms with E-state index in [0.717, 1.165) is 24.5 Å². The highest BCUT2D eigenvalue weighted by atomic mass is 16.5. The Hall–Kier alpha value is -1.49. The molecule has 0 aromatic carbocycles. The molecule has 1 aromatic rings. The topological polar surface area (TPSA) is 40.6 Å². The molecule has 2 heterocycles. The number of ether oxygens (including phenoxy) is 1. The molecule has 0 radical (unpaired) electrons. The van der Waals surface area contributed by atoms with Crippen LogP contribution in [0.3, 0.4) is 0 Å². The van der Waals surface area contributed by atoms with Gasteiger partial charge in [-0.15, -0.1) is 0 Å². The minimum absolute atomic E-state index is 0.667. The molecule has 0 aliphatic carbocycles. The van der Waals surface area contributed by atoms with Crippen LogP contribution in [0.25, 0.3) is 0 Å². The van der Waals surface area contributed by atoms with Crippen molar-refractivity contribution in [3.8, 4) is 5.88 Å². The molecule has 0 amide bonds. The Morgan fingerprint density at radius 1 is 1.50 bits per heavy atom. The van der Waals surface area contributed by atoms with Gasteiger partial charge in [-0.05, 0) is 38.4 Å². The summed E-state index contributed by atoms with van der Waals surface area (Å²) in [6, 6.07) is 2.01. The van der Waals surface area contributed by atoms with E-state index < -0.39 is 0 Å². The van der Waals surface area contributed by atoms with Gasteiger partial charge < -0.3 is 19.9 Å². The number of pyridine rings is 1. The standard InChI is InChI=1S/C15H26N4O/c1-18(2)13-7-8-16-15(20-4)14(13)17-10-12-6-5-9-19(3)11-12/h7-8,12,17H,5-6,9-11H2,1-4H3. The van der Waals surface area contributed by atoms with Crippen LogP contribution in [-0.4, -0.2) is 57.8 Å². The Morgan fingerprint density at radius 3 is 2.95 bits per heavy atom. The fourth-order valence-corrected chi connectivity index (χ4v) is 2.81. The summed E-state index contributed by atoms with van der Waals surface area (Å²) in [5.41, 5.74) is 2.11. The molecule has 5 nitrogen and oxygen atoms in total. The predicted octanol–water partition coefficient (Wildman–Crippen LogP) is 1.91. The van der Waals surface area contributed by atoms with Crippen molar-refractivity contribution in [1.82, 2.24) is 9.88 Å². The lowest BCUT2D eigenvalue weighted by atomic mass is 9.98. The van der Waals surface area contributed by atoms with Gasteiger partial charge in [0, 0.05) is 33.4 Å². The van der Waals surface area contributed by atoms with Crippen LogP contribution in [0.15, 0.2) is 12.3 Å². The summed E-state index contributed by atoms with van der Waals surface area (Å²) in [6.07, 6.45) is 4.36. The Bertz CT molecular complexity index is 436. The number of nitrogens with one attached hydrogen (secondary N) is 1. The lowest BCUT2D eigenvalue weighted by Gasteiger charge is -2.30. The highest BCUT2D eigenvalue weighted by molar-refractivity contribution is 5.74. The van der Waals surface area contributed by atoms with E-state index in [1.54, 1.807) is 13.3 Å². The van der Waals surface area contributed by atoms with Gasteiger partial charge >= 0.3 is 0 Å². The van der Waals surface area contributed by atoms with Gasteiger partial charge in [-0.1, -0.05) is 0 Å². The second-order valence-corrected chi connectivity index (χ2v) is 5.76. The molecule has 112 valence electrons. The summed E-state index contributed by atoms with van der Waals surface area (Å²) in [6.45, 7) is 3.34. The van der Waals surface area contributed by atoms with E-state index in [-0.39, 0.29) is 0 Å². The van der Waals surface area contributed by atoms with Crippen molar-refractivity contribution in [2.75, 3.05) is 58.1 Å². The molecule has 1 saturated heterocycles. The first-order valence-corrected chi connectivity index (χ1v) is 7.24. The van der Waals surface area contributed by atoms with Crippen molar-refractivity contribution < 1.29 is 4.74 Å². The van der Waals surface area contributed by atoms with Crippen molar-refractivity contribution in [3.63, 3.8) is 0 Å². The number of nitrogens with zero attached hydrogens (tertiary/aromatic N) is 3. The highest BCUT2D eigenvalue weighted by Gasteiger charge is 2.19. The van der Waals surface area contributed by atoms with Crippen LogP contribution in [0.2, 0.25) is 0 Å². The maximum Gasteiger partial charge on any atom is 0.239 e. The second-order valence-electron chi connectivity index (χ2n) is 5.76. The maximum atomic E-state index is 5.39. The summed E-state index contributed by atoms with van der Waals surface area (Å²) in [5, 5.41) is 3.55. The molecular weight excluding hydrogens is 252 g/mol. The average molecular weight is 278 g/mol. The summed E-state index contributed by atoms with van der Waals surface area (Å²) in [7, 11) is 7.94. The van der Waals surface area contributed by atoms with Gasteiger partial charge in [0.25, 0.3) is 0 Å². The Labute approximate surface area is 121 Å². The molecule has 5 heteroatoms. The first-order valence-electron chi connectivity index (χ1n) is 7.24. The zero-order chi connectivity index (χ0) is 14.5. The fourth-order valence-electron chi connectivity index (χ4n) is 2.81. The van der Waals surface area contributed by atoms with E-state index in [1.165, 1.54) is 19.4 Å². The summed E-state index contributed by atoms with van der Waals surface area (Å²) in [4.78, 5) is 8.79. The van der Waals surface area contributed by atoms with Crippen LogP contribution in [0.4, 0.5) is 11.4 Å². The zero-order valence-electron chi connectivity index (χ0n) is 13.0. The third-order valence-electron chi connectivity index (χ3n) is 3.86. The van der Waals surface area contributed by atoms with E-state index in [1.807, 2.05) is 20.2 Å². The average Bonchev–Trinajstić information content (AvgIpc) is 2.44. The van der Waals surface area contributed by atoms with E-state index in [4.69, 9.17) is 4.74 Å². The number of likely N-dealkylation sites (tertiary alicyclic amines) is 1. The number of aromatic nitrogens is 1. The number of hydrogen-bond donors (Lipinski definition) is 1. The molecule has 0 bridgehead atoms. The number of methoxy groups -OCH3 is 1. The highest BCUT2D eigenvalue weighted by Crippen LogP contribution is 2.32. The van der Waals surface area contributed by atoms with E-state index in [9.17, 15) is 0 Å². The lowest BCUT2D eigenvalue weighted by Crippen LogP contribution is -2.35. The monoisotopic (exact) mass is 278 g/mol.